The van der Waals surface area contributed by atoms with Crippen molar-refractivity contribution in [1.82, 2.24) is 5.32 Å². The molecular weight excluding hydrogens is 311 g/mol. The van der Waals surface area contributed by atoms with E-state index in [4.69, 9.17) is 4.74 Å². The zero-order chi connectivity index (χ0) is 16.8. The van der Waals surface area contributed by atoms with Gasteiger partial charge in [-0.15, -0.1) is 0 Å². The van der Waals surface area contributed by atoms with Gasteiger partial charge in [-0.1, -0.05) is 6.07 Å². The molecule has 1 amide bonds. The number of carbonyl (C=O) groups excluding carboxylic acids is 2. The topological polar surface area (TPSA) is 55.4 Å². The van der Waals surface area contributed by atoms with Crippen LogP contribution >= 0.6 is 0 Å². The summed E-state index contributed by atoms with van der Waals surface area (Å²) in [5.74, 6) is -3.43. The van der Waals surface area contributed by atoms with E-state index in [1.54, 1.807) is 0 Å². The third-order valence-corrected chi connectivity index (χ3v) is 2.91. The van der Waals surface area contributed by atoms with Gasteiger partial charge in [-0.3, -0.25) is 4.79 Å². The molecule has 2 aromatic rings. The molecule has 4 nitrogen and oxygen atoms in total. The van der Waals surface area contributed by atoms with Crippen molar-refractivity contribution in [2.45, 2.75) is 6.54 Å². The van der Waals surface area contributed by atoms with E-state index in [1.807, 2.05) is 0 Å². The number of halogens is 3. The van der Waals surface area contributed by atoms with Gasteiger partial charge in [-0.2, -0.15) is 0 Å². The van der Waals surface area contributed by atoms with Gasteiger partial charge in [0, 0.05) is 18.2 Å². The predicted octanol–water partition coefficient (Wildman–Crippen LogP) is 2.58. The Bertz CT molecular complexity index is 717. The summed E-state index contributed by atoms with van der Waals surface area (Å²) in [5.41, 5.74) is 0.202. The molecule has 0 saturated heterocycles. The van der Waals surface area contributed by atoms with E-state index >= 15 is 0 Å². The Labute approximate surface area is 129 Å². The third kappa shape index (κ3) is 4.84. The number of benzene rings is 2. The van der Waals surface area contributed by atoms with E-state index in [0.717, 1.165) is 18.2 Å². The van der Waals surface area contributed by atoms with Crippen LogP contribution in [0.25, 0.3) is 0 Å². The summed E-state index contributed by atoms with van der Waals surface area (Å²) in [7, 11) is 0. The molecule has 1 N–H and O–H groups in total. The van der Waals surface area contributed by atoms with E-state index in [-0.39, 0.29) is 17.7 Å². The van der Waals surface area contributed by atoms with Crippen molar-refractivity contribution >= 4 is 11.9 Å². The first-order chi connectivity index (χ1) is 11.0. The first-order valence-corrected chi connectivity index (χ1v) is 6.59. The highest BCUT2D eigenvalue weighted by atomic mass is 19.1. The molecule has 0 heterocycles. The van der Waals surface area contributed by atoms with Crippen LogP contribution in [0, 0.1) is 17.5 Å². The summed E-state index contributed by atoms with van der Waals surface area (Å²) in [6.07, 6.45) is 0. The quantitative estimate of drug-likeness (QED) is 0.861. The third-order valence-electron chi connectivity index (χ3n) is 2.91. The summed E-state index contributed by atoms with van der Waals surface area (Å²) in [6.45, 7) is -0.738. The Balaban J connectivity index is 1.81. The van der Waals surface area contributed by atoms with Crippen LogP contribution in [0.5, 0.6) is 0 Å². The minimum atomic E-state index is -0.784. The van der Waals surface area contributed by atoms with Crippen LogP contribution < -0.4 is 5.32 Å². The smallest absolute Gasteiger partial charge is 0.338 e. The van der Waals surface area contributed by atoms with Crippen LogP contribution in [0.1, 0.15) is 15.9 Å². The van der Waals surface area contributed by atoms with E-state index in [1.165, 1.54) is 18.2 Å². The van der Waals surface area contributed by atoms with Gasteiger partial charge in [0.25, 0.3) is 5.91 Å². The molecule has 0 spiro atoms. The summed E-state index contributed by atoms with van der Waals surface area (Å²) < 4.78 is 43.5. The van der Waals surface area contributed by atoms with Gasteiger partial charge in [-0.25, -0.2) is 18.0 Å². The lowest BCUT2D eigenvalue weighted by Crippen LogP contribution is -2.28. The highest BCUT2D eigenvalue weighted by Gasteiger charge is 2.11. The molecular formula is C16H12F3NO3. The molecule has 0 radical (unpaired) electrons. The molecule has 0 fully saturated rings. The van der Waals surface area contributed by atoms with Gasteiger partial charge in [-0.05, 0) is 30.3 Å². The summed E-state index contributed by atoms with van der Waals surface area (Å²) >= 11 is 0. The predicted molar refractivity (Wildman–Crippen MR) is 74.9 cm³/mol. The van der Waals surface area contributed by atoms with E-state index in [9.17, 15) is 22.8 Å². The van der Waals surface area contributed by atoms with Gasteiger partial charge >= 0.3 is 5.97 Å². The number of hydrogen-bond acceptors (Lipinski definition) is 3. The second kappa shape index (κ2) is 7.44. The molecule has 2 rings (SSSR count). The van der Waals surface area contributed by atoms with E-state index in [0.29, 0.717) is 6.07 Å². The maximum Gasteiger partial charge on any atom is 0.338 e. The molecule has 0 atom stereocenters. The van der Waals surface area contributed by atoms with Gasteiger partial charge in [0.1, 0.15) is 17.5 Å². The van der Waals surface area contributed by atoms with Gasteiger partial charge < -0.3 is 10.1 Å². The highest BCUT2D eigenvalue weighted by Crippen LogP contribution is 2.09. The SMILES string of the molecule is O=C(COC(=O)c1ccc(F)cc1)NCc1ccc(F)cc1F. The molecule has 0 saturated carbocycles. The molecule has 0 aromatic heterocycles. The van der Waals surface area contributed by atoms with E-state index in [2.05, 4.69) is 5.32 Å². The normalized spacial score (nSPS) is 10.2. The molecule has 23 heavy (non-hydrogen) atoms. The van der Waals surface area contributed by atoms with Crippen LogP contribution in [-0.2, 0) is 16.1 Å². The van der Waals surface area contributed by atoms with Gasteiger partial charge in [0.05, 0.1) is 5.56 Å². The largest absolute Gasteiger partial charge is 0.452 e. The minimum absolute atomic E-state index is 0.101. The van der Waals surface area contributed by atoms with Gasteiger partial charge in [0.15, 0.2) is 6.61 Å². The standard InChI is InChI=1S/C16H12F3NO3/c17-12-4-1-10(2-5-12)16(22)23-9-15(21)20-8-11-3-6-13(18)7-14(11)19/h1-7H,8-9H2,(H,20,21). The Kier molecular flexibility index (Phi) is 5.35. The van der Waals surface area contributed by atoms with Gasteiger partial charge in [0.2, 0.25) is 0 Å². The second-order valence-electron chi connectivity index (χ2n) is 4.60. The average Bonchev–Trinajstić information content (AvgIpc) is 2.52. The number of amides is 1. The Morgan fingerprint density at radius 2 is 1.61 bits per heavy atom. The molecule has 2 aromatic carbocycles. The summed E-state index contributed by atoms with van der Waals surface area (Å²) in [5, 5.41) is 2.34. The monoisotopic (exact) mass is 323 g/mol. The summed E-state index contributed by atoms with van der Waals surface area (Å²) in [6, 6.07) is 7.61. The maximum absolute atomic E-state index is 13.4. The van der Waals surface area contributed by atoms with Crippen molar-refractivity contribution < 1.29 is 27.5 Å². The molecule has 0 bridgehead atoms. The Hall–Kier alpha value is -2.83. The Morgan fingerprint density at radius 1 is 0.957 bits per heavy atom. The molecule has 0 aliphatic carbocycles. The van der Waals surface area contributed by atoms with Crippen LogP contribution in [0.3, 0.4) is 0 Å². The number of esters is 1. The van der Waals surface area contributed by atoms with Crippen molar-refractivity contribution in [3.05, 3.63) is 71.0 Å². The lowest BCUT2D eigenvalue weighted by Gasteiger charge is -2.07. The maximum atomic E-state index is 13.4. The lowest BCUT2D eigenvalue weighted by atomic mass is 10.2. The molecule has 0 aliphatic heterocycles. The number of ether oxygens (including phenoxy) is 1. The average molecular weight is 323 g/mol. The lowest BCUT2D eigenvalue weighted by molar-refractivity contribution is -0.124. The zero-order valence-corrected chi connectivity index (χ0v) is 11.8. The Morgan fingerprint density at radius 3 is 2.26 bits per heavy atom. The number of nitrogens with one attached hydrogen (secondary N) is 1. The molecule has 0 unspecified atom stereocenters. The zero-order valence-electron chi connectivity index (χ0n) is 11.8. The fourth-order valence-electron chi connectivity index (χ4n) is 1.71. The van der Waals surface area contributed by atoms with Crippen molar-refractivity contribution in [1.29, 1.82) is 0 Å². The van der Waals surface area contributed by atoms with Crippen molar-refractivity contribution in [2.75, 3.05) is 6.61 Å². The number of carbonyl (C=O) groups is 2. The molecule has 120 valence electrons. The van der Waals surface area contributed by atoms with Crippen molar-refractivity contribution in [3.63, 3.8) is 0 Å². The van der Waals surface area contributed by atoms with Crippen LogP contribution in [0.15, 0.2) is 42.5 Å². The molecule has 7 heteroatoms. The second-order valence-corrected chi connectivity index (χ2v) is 4.60. The van der Waals surface area contributed by atoms with Crippen LogP contribution in [0.4, 0.5) is 13.2 Å². The van der Waals surface area contributed by atoms with Crippen LogP contribution in [-0.4, -0.2) is 18.5 Å². The fraction of sp³-hybridized carbons (Fsp3) is 0.125. The number of hydrogen-bond donors (Lipinski definition) is 1. The first kappa shape index (κ1) is 16.5. The minimum Gasteiger partial charge on any atom is -0.452 e. The van der Waals surface area contributed by atoms with E-state index < -0.39 is 35.9 Å². The number of rotatable bonds is 5. The van der Waals surface area contributed by atoms with Crippen molar-refractivity contribution in [2.24, 2.45) is 0 Å². The first-order valence-electron chi connectivity index (χ1n) is 6.59. The molecule has 0 aliphatic rings. The fourth-order valence-corrected chi connectivity index (χ4v) is 1.71. The van der Waals surface area contributed by atoms with Crippen LogP contribution in [0.2, 0.25) is 0 Å². The highest BCUT2D eigenvalue weighted by molar-refractivity contribution is 5.91. The van der Waals surface area contributed by atoms with Crippen molar-refractivity contribution in [3.8, 4) is 0 Å². The summed E-state index contributed by atoms with van der Waals surface area (Å²) in [4.78, 5) is 23.1.